The number of amides is 1. The molecular formula is C12H14ClF3N2O3S. The van der Waals surface area contributed by atoms with E-state index in [9.17, 15) is 26.4 Å². The lowest BCUT2D eigenvalue weighted by Crippen LogP contribution is -2.37. The van der Waals surface area contributed by atoms with Crippen LogP contribution in [-0.2, 0) is 21.0 Å². The van der Waals surface area contributed by atoms with Crippen LogP contribution in [-0.4, -0.2) is 51.2 Å². The predicted octanol–water partition coefficient (Wildman–Crippen LogP) is 2.07. The fourth-order valence-electron chi connectivity index (χ4n) is 1.46. The Morgan fingerprint density at radius 1 is 1.23 bits per heavy atom. The first-order valence-electron chi connectivity index (χ1n) is 5.90. The zero-order valence-electron chi connectivity index (χ0n) is 12.0. The first kappa shape index (κ1) is 18.7. The molecule has 1 amide bonds. The van der Waals surface area contributed by atoms with Crippen molar-refractivity contribution in [3.8, 4) is 0 Å². The summed E-state index contributed by atoms with van der Waals surface area (Å²) < 4.78 is 63.3. The number of sulfonamides is 1. The molecule has 124 valence electrons. The summed E-state index contributed by atoms with van der Waals surface area (Å²) in [5, 5.41) is -0.350. The van der Waals surface area contributed by atoms with E-state index >= 15 is 0 Å². The maximum Gasteiger partial charge on any atom is 0.416 e. The Labute approximate surface area is 131 Å². The SMILES string of the molecule is CN(C)C(=O)CN(C)S(=O)(=O)c1cc(C(F)(F)F)ccc1Cl. The van der Waals surface area contributed by atoms with Gasteiger partial charge in [-0.1, -0.05) is 11.6 Å². The highest BCUT2D eigenvalue weighted by molar-refractivity contribution is 7.89. The Bertz CT molecular complexity index is 675. The van der Waals surface area contributed by atoms with Crippen LogP contribution in [0.1, 0.15) is 5.56 Å². The second kappa shape index (κ2) is 6.43. The van der Waals surface area contributed by atoms with Crippen molar-refractivity contribution in [3.05, 3.63) is 28.8 Å². The molecule has 0 radical (unpaired) electrons. The highest BCUT2D eigenvalue weighted by Gasteiger charge is 2.34. The molecule has 10 heteroatoms. The van der Waals surface area contributed by atoms with Gasteiger partial charge in [0.15, 0.2) is 0 Å². The zero-order valence-corrected chi connectivity index (χ0v) is 13.6. The maximum atomic E-state index is 12.7. The van der Waals surface area contributed by atoms with E-state index in [0.29, 0.717) is 16.4 Å². The smallest absolute Gasteiger partial charge is 0.348 e. The summed E-state index contributed by atoms with van der Waals surface area (Å²) in [6, 6.07) is 2.00. The molecule has 0 fully saturated rings. The topological polar surface area (TPSA) is 57.7 Å². The van der Waals surface area contributed by atoms with E-state index in [2.05, 4.69) is 0 Å². The summed E-state index contributed by atoms with van der Waals surface area (Å²) in [5.41, 5.74) is -1.14. The molecule has 0 aliphatic carbocycles. The van der Waals surface area contributed by atoms with Crippen LogP contribution in [0.15, 0.2) is 23.1 Å². The van der Waals surface area contributed by atoms with E-state index in [1.807, 2.05) is 0 Å². The van der Waals surface area contributed by atoms with Crippen molar-refractivity contribution in [2.45, 2.75) is 11.1 Å². The monoisotopic (exact) mass is 358 g/mol. The van der Waals surface area contributed by atoms with Crippen molar-refractivity contribution in [2.24, 2.45) is 0 Å². The first-order valence-corrected chi connectivity index (χ1v) is 7.72. The van der Waals surface area contributed by atoms with Crippen LogP contribution < -0.4 is 0 Å². The molecule has 22 heavy (non-hydrogen) atoms. The maximum absolute atomic E-state index is 12.7. The third kappa shape index (κ3) is 4.11. The molecule has 5 nitrogen and oxygen atoms in total. The van der Waals surface area contributed by atoms with Crippen LogP contribution in [0.2, 0.25) is 5.02 Å². The normalized spacial score (nSPS) is 12.5. The van der Waals surface area contributed by atoms with Crippen LogP contribution in [0.3, 0.4) is 0 Å². The number of carbonyl (C=O) groups is 1. The van der Waals surface area contributed by atoms with Gasteiger partial charge >= 0.3 is 6.18 Å². The molecule has 0 spiro atoms. The molecule has 0 aromatic heterocycles. The van der Waals surface area contributed by atoms with Gasteiger partial charge in [0.2, 0.25) is 15.9 Å². The van der Waals surface area contributed by atoms with Crippen molar-refractivity contribution in [1.82, 2.24) is 9.21 Å². The van der Waals surface area contributed by atoms with Gasteiger partial charge in [-0.05, 0) is 18.2 Å². The van der Waals surface area contributed by atoms with Gasteiger partial charge in [0.25, 0.3) is 0 Å². The fourth-order valence-corrected chi connectivity index (χ4v) is 3.08. The number of hydrogen-bond donors (Lipinski definition) is 0. The number of benzene rings is 1. The molecule has 0 saturated heterocycles. The Morgan fingerprint density at radius 3 is 2.23 bits per heavy atom. The molecule has 0 aliphatic heterocycles. The summed E-state index contributed by atoms with van der Waals surface area (Å²) >= 11 is 5.71. The predicted molar refractivity (Wildman–Crippen MR) is 75.0 cm³/mol. The fraction of sp³-hybridized carbons (Fsp3) is 0.417. The second-order valence-corrected chi connectivity index (χ2v) is 7.11. The first-order chi connectivity index (χ1) is 9.87. The van der Waals surface area contributed by atoms with Crippen LogP contribution in [0.4, 0.5) is 13.2 Å². The Hall–Kier alpha value is -1.32. The van der Waals surface area contributed by atoms with Crippen molar-refractivity contribution in [1.29, 1.82) is 0 Å². The molecule has 0 N–H and O–H groups in total. The van der Waals surface area contributed by atoms with Gasteiger partial charge in [-0.2, -0.15) is 17.5 Å². The summed E-state index contributed by atoms with van der Waals surface area (Å²) in [4.78, 5) is 12.0. The summed E-state index contributed by atoms with van der Waals surface area (Å²) in [7, 11) is -0.375. The Balaban J connectivity index is 3.25. The lowest BCUT2D eigenvalue weighted by atomic mass is 10.2. The van der Waals surface area contributed by atoms with Gasteiger partial charge in [0.05, 0.1) is 17.1 Å². The molecule has 1 rings (SSSR count). The van der Waals surface area contributed by atoms with E-state index in [0.717, 1.165) is 13.1 Å². The molecule has 0 saturated carbocycles. The standard InChI is InChI=1S/C12H14ClF3N2O3S/c1-17(2)11(19)7-18(3)22(20,21)10-6-8(12(14,15)16)4-5-9(10)13/h4-6H,7H2,1-3H3. The van der Waals surface area contributed by atoms with Gasteiger partial charge in [-0.25, -0.2) is 8.42 Å². The highest BCUT2D eigenvalue weighted by atomic mass is 35.5. The average molecular weight is 359 g/mol. The van der Waals surface area contributed by atoms with Gasteiger partial charge in [-0.3, -0.25) is 4.79 Å². The van der Waals surface area contributed by atoms with Crippen LogP contribution in [0.5, 0.6) is 0 Å². The van der Waals surface area contributed by atoms with Crippen molar-refractivity contribution < 1.29 is 26.4 Å². The molecule has 0 heterocycles. The molecule has 0 bridgehead atoms. The lowest BCUT2D eigenvalue weighted by Gasteiger charge is -2.20. The van der Waals surface area contributed by atoms with Crippen LogP contribution in [0.25, 0.3) is 0 Å². The van der Waals surface area contributed by atoms with Gasteiger partial charge in [0, 0.05) is 21.1 Å². The molecule has 1 aromatic rings. The zero-order chi connectivity index (χ0) is 17.3. The minimum Gasteiger partial charge on any atom is -0.348 e. The van der Waals surface area contributed by atoms with E-state index in [4.69, 9.17) is 11.6 Å². The van der Waals surface area contributed by atoms with Crippen LogP contribution in [0, 0.1) is 0 Å². The molecular weight excluding hydrogens is 345 g/mol. The number of halogens is 4. The van der Waals surface area contributed by atoms with E-state index in [1.54, 1.807) is 0 Å². The third-order valence-electron chi connectivity index (χ3n) is 2.80. The van der Waals surface area contributed by atoms with Gasteiger partial charge in [0.1, 0.15) is 4.90 Å². The van der Waals surface area contributed by atoms with Crippen molar-refractivity contribution in [3.63, 3.8) is 0 Å². The number of nitrogens with zero attached hydrogens (tertiary/aromatic N) is 2. The molecule has 0 aliphatic rings. The quantitative estimate of drug-likeness (QED) is 0.828. The summed E-state index contributed by atoms with van der Waals surface area (Å²) in [6.45, 7) is -0.512. The van der Waals surface area contributed by atoms with Crippen molar-refractivity contribution in [2.75, 3.05) is 27.7 Å². The minimum absolute atomic E-state index is 0.350. The van der Waals surface area contributed by atoms with Gasteiger partial charge in [-0.15, -0.1) is 0 Å². The van der Waals surface area contributed by atoms with E-state index in [-0.39, 0.29) is 5.02 Å². The molecule has 0 unspecified atom stereocenters. The number of likely N-dealkylation sites (N-methyl/N-ethyl adjacent to an activating group) is 2. The largest absolute Gasteiger partial charge is 0.416 e. The molecule has 1 aromatic carbocycles. The average Bonchev–Trinajstić information content (AvgIpc) is 2.37. The lowest BCUT2D eigenvalue weighted by molar-refractivity contribution is -0.137. The van der Waals surface area contributed by atoms with Crippen molar-refractivity contribution >= 4 is 27.5 Å². The Kier molecular flexibility index (Phi) is 5.47. The summed E-state index contributed by atoms with van der Waals surface area (Å²) in [6.07, 6.45) is -4.70. The minimum atomic E-state index is -4.70. The summed E-state index contributed by atoms with van der Waals surface area (Å²) in [5.74, 6) is -0.519. The highest BCUT2D eigenvalue weighted by Crippen LogP contribution is 2.34. The van der Waals surface area contributed by atoms with E-state index in [1.165, 1.54) is 19.0 Å². The number of alkyl halides is 3. The number of hydrogen-bond acceptors (Lipinski definition) is 3. The Morgan fingerprint density at radius 2 is 1.77 bits per heavy atom. The molecule has 0 atom stereocenters. The number of rotatable bonds is 4. The van der Waals surface area contributed by atoms with Crippen LogP contribution >= 0.6 is 11.6 Å². The third-order valence-corrected chi connectivity index (χ3v) is 5.09. The second-order valence-electron chi connectivity index (χ2n) is 4.69. The van der Waals surface area contributed by atoms with Gasteiger partial charge < -0.3 is 4.90 Å². The van der Waals surface area contributed by atoms with E-state index < -0.39 is 39.1 Å². The number of carbonyl (C=O) groups excluding carboxylic acids is 1.